The molecule has 0 spiro atoms. The first kappa shape index (κ1) is 26.1. The number of nitrogens with zero attached hydrogens (tertiary/aromatic N) is 2. The Kier molecular flexibility index (Phi) is 8.18. The van der Waals surface area contributed by atoms with Crippen LogP contribution in [0.4, 0.5) is 4.39 Å². The smallest absolute Gasteiger partial charge is 0.251 e. The van der Waals surface area contributed by atoms with Crippen LogP contribution in [-0.2, 0) is 4.79 Å². The Morgan fingerprint density at radius 3 is 2.24 bits per heavy atom. The van der Waals surface area contributed by atoms with E-state index in [4.69, 9.17) is 0 Å². The quantitative estimate of drug-likeness (QED) is 0.420. The Bertz CT molecular complexity index is 1220. The summed E-state index contributed by atoms with van der Waals surface area (Å²) in [4.78, 5) is 30.8. The van der Waals surface area contributed by atoms with E-state index in [-0.39, 0.29) is 17.6 Å². The first-order valence-corrected chi connectivity index (χ1v) is 13.7. The summed E-state index contributed by atoms with van der Waals surface area (Å²) >= 11 is 0. The fourth-order valence-corrected chi connectivity index (χ4v) is 5.46. The van der Waals surface area contributed by atoms with Crippen molar-refractivity contribution in [2.75, 3.05) is 33.2 Å². The highest BCUT2D eigenvalue weighted by Crippen LogP contribution is 2.50. The zero-order valence-electron chi connectivity index (χ0n) is 22.0. The first-order chi connectivity index (χ1) is 18.5. The average molecular weight is 514 g/mol. The minimum absolute atomic E-state index is 0.0123. The van der Waals surface area contributed by atoms with Crippen LogP contribution in [0.2, 0.25) is 0 Å². The van der Waals surface area contributed by atoms with E-state index in [1.165, 1.54) is 17.7 Å². The number of rotatable bonds is 9. The lowest BCUT2D eigenvalue weighted by Crippen LogP contribution is -2.54. The highest BCUT2D eigenvalue weighted by atomic mass is 19.1. The molecule has 2 amide bonds. The van der Waals surface area contributed by atoms with Crippen LogP contribution in [0.5, 0.6) is 0 Å². The van der Waals surface area contributed by atoms with Crippen LogP contribution in [0.1, 0.15) is 47.5 Å². The molecule has 2 aliphatic rings. The first-order valence-electron chi connectivity index (χ1n) is 13.7. The number of carbonyl (C=O) groups excluding carboxylic acids is 2. The van der Waals surface area contributed by atoms with Gasteiger partial charge in [0.15, 0.2) is 0 Å². The number of likely N-dealkylation sites (N-methyl/N-ethyl adjacent to an activating group) is 1. The molecule has 3 aromatic carbocycles. The molecule has 3 aromatic rings. The molecule has 0 aromatic heterocycles. The van der Waals surface area contributed by atoms with Crippen molar-refractivity contribution in [1.29, 1.82) is 0 Å². The van der Waals surface area contributed by atoms with Gasteiger partial charge in [0.2, 0.25) is 5.91 Å². The van der Waals surface area contributed by atoms with E-state index in [0.29, 0.717) is 36.9 Å². The summed E-state index contributed by atoms with van der Waals surface area (Å²) in [6, 6.07) is 23.9. The van der Waals surface area contributed by atoms with Gasteiger partial charge in [0.05, 0.1) is 0 Å². The van der Waals surface area contributed by atoms with Crippen molar-refractivity contribution in [3.05, 3.63) is 95.8 Å². The Balaban J connectivity index is 1.20. The van der Waals surface area contributed by atoms with Gasteiger partial charge in [0.1, 0.15) is 11.9 Å². The van der Waals surface area contributed by atoms with E-state index in [9.17, 15) is 14.0 Å². The van der Waals surface area contributed by atoms with Crippen molar-refractivity contribution in [3.8, 4) is 11.1 Å². The van der Waals surface area contributed by atoms with E-state index >= 15 is 0 Å². The molecule has 5 nitrogen and oxygen atoms in total. The van der Waals surface area contributed by atoms with Gasteiger partial charge in [-0.05, 0) is 79.1 Å². The number of nitrogens with one attached hydrogen (secondary N) is 1. The van der Waals surface area contributed by atoms with Gasteiger partial charge < -0.3 is 15.1 Å². The van der Waals surface area contributed by atoms with Gasteiger partial charge >= 0.3 is 0 Å². The number of hydrogen-bond acceptors (Lipinski definition) is 3. The van der Waals surface area contributed by atoms with E-state index in [1.54, 1.807) is 0 Å². The maximum atomic E-state index is 13.5. The molecule has 1 saturated carbocycles. The predicted octanol–water partition coefficient (Wildman–Crippen LogP) is 5.34. The van der Waals surface area contributed by atoms with Crippen molar-refractivity contribution in [1.82, 2.24) is 15.1 Å². The largest absolute Gasteiger partial charge is 0.340 e. The molecule has 0 radical (unpaired) electrons. The Labute approximate surface area is 224 Å². The van der Waals surface area contributed by atoms with Crippen molar-refractivity contribution in [2.24, 2.45) is 5.92 Å². The molecule has 3 atom stereocenters. The van der Waals surface area contributed by atoms with Crippen molar-refractivity contribution < 1.29 is 14.0 Å². The summed E-state index contributed by atoms with van der Waals surface area (Å²) in [7, 11) is 2.06. The second kappa shape index (κ2) is 11.9. The third-order valence-electron chi connectivity index (χ3n) is 7.96. The van der Waals surface area contributed by atoms with Gasteiger partial charge in [-0.3, -0.25) is 9.59 Å². The number of piperazine rings is 1. The van der Waals surface area contributed by atoms with Crippen LogP contribution in [0.3, 0.4) is 0 Å². The van der Waals surface area contributed by atoms with Crippen LogP contribution in [-0.4, -0.2) is 60.9 Å². The predicted molar refractivity (Wildman–Crippen MR) is 148 cm³/mol. The summed E-state index contributed by atoms with van der Waals surface area (Å²) in [5, 5.41) is 3.06. The molecule has 2 fully saturated rings. The maximum Gasteiger partial charge on any atom is 0.251 e. The third kappa shape index (κ3) is 6.48. The molecule has 6 heteroatoms. The van der Waals surface area contributed by atoms with E-state index in [0.717, 1.165) is 43.5 Å². The minimum Gasteiger partial charge on any atom is -0.340 e. The fraction of sp³-hybridized carbons (Fsp3) is 0.375. The second-order valence-corrected chi connectivity index (χ2v) is 10.7. The zero-order valence-corrected chi connectivity index (χ0v) is 22.0. The van der Waals surface area contributed by atoms with Gasteiger partial charge in [0, 0.05) is 31.7 Å². The van der Waals surface area contributed by atoms with Crippen LogP contribution in [0.25, 0.3) is 11.1 Å². The Morgan fingerprint density at radius 1 is 0.895 bits per heavy atom. The van der Waals surface area contributed by atoms with Crippen LogP contribution in [0, 0.1) is 11.7 Å². The van der Waals surface area contributed by atoms with E-state index < -0.39 is 6.04 Å². The summed E-state index contributed by atoms with van der Waals surface area (Å²) in [5.41, 5.74) is 3.89. The summed E-state index contributed by atoms with van der Waals surface area (Å²) < 4.78 is 13.3. The molecular weight excluding hydrogens is 477 g/mol. The topological polar surface area (TPSA) is 52.6 Å². The number of carbonyl (C=O) groups is 2. The Morgan fingerprint density at radius 2 is 1.55 bits per heavy atom. The maximum absolute atomic E-state index is 13.5. The normalized spacial score (nSPS) is 20.1. The molecule has 1 saturated heterocycles. The summed E-state index contributed by atoms with van der Waals surface area (Å²) in [5.74, 6) is 0.619. The van der Waals surface area contributed by atoms with Gasteiger partial charge in [-0.2, -0.15) is 0 Å². The second-order valence-electron chi connectivity index (χ2n) is 10.7. The SMILES string of the molecule is CN1CCN(C(=O)[C@H](CCC[C@@H]2C[C@H]2c2ccc(F)cc2)NC(=O)c2ccc(-c3ccccc3)cc2)CC1. The standard InChI is InChI=1S/C32H36FN3O2/c1-35-18-20-36(21-19-35)32(38)30(9-5-8-27-22-29(27)25-14-16-28(33)17-15-25)34-31(37)26-12-10-24(11-13-26)23-6-3-2-4-7-23/h2-4,6-7,10-17,27,29-30H,5,8-9,18-22H2,1H3,(H,34,37)/t27-,29+,30+/m1/s1. The van der Waals surface area contributed by atoms with E-state index in [2.05, 4.69) is 17.3 Å². The molecule has 1 heterocycles. The number of amides is 2. The molecule has 1 aliphatic heterocycles. The molecular formula is C32H36FN3O2. The highest BCUT2D eigenvalue weighted by Gasteiger charge is 2.38. The Hall–Kier alpha value is -3.51. The number of hydrogen-bond donors (Lipinski definition) is 1. The molecule has 0 bridgehead atoms. The molecule has 1 N–H and O–H groups in total. The van der Waals surface area contributed by atoms with Gasteiger partial charge in [-0.1, -0.05) is 61.0 Å². The van der Waals surface area contributed by atoms with Crippen LogP contribution >= 0.6 is 0 Å². The monoisotopic (exact) mass is 513 g/mol. The lowest BCUT2D eigenvalue weighted by atomic mass is 10.0. The molecule has 0 unspecified atom stereocenters. The lowest BCUT2D eigenvalue weighted by molar-refractivity contribution is -0.135. The summed E-state index contributed by atoms with van der Waals surface area (Å²) in [6.45, 7) is 3.05. The average Bonchev–Trinajstić information content (AvgIpc) is 3.73. The molecule has 38 heavy (non-hydrogen) atoms. The minimum atomic E-state index is -0.539. The van der Waals surface area contributed by atoms with Crippen molar-refractivity contribution in [2.45, 2.75) is 37.6 Å². The zero-order chi connectivity index (χ0) is 26.5. The highest BCUT2D eigenvalue weighted by molar-refractivity contribution is 5.98. The number of halogens is 1. The van der Waals surface area contributed by atoms with Crippen LogP contribution in [0.15, 0.2) is 78.9 Å². The van der Waals surface area contributed by atoms with Crippen LogP contribution < -0.4 is 5.32 Å². The van der Waals surface area contributed by atoms with Gasteiger partial charge in [0.25, 0.3) is 5.91 Å². The van der Waals surface area contributed by atoms with E-state index in [1.807, 2.05) is 71.6 Å². The fourth-order valence-electron chi connectivity index (χ4n) is 5.46. The van der Waals surface area contributed by atoms with Crippen molar-refractivity contribution >= 4 is 11.8 Å². The molecule has 5 rings (SSSR count). The van der Waals surface area contributed by atoms with Crippen molar-refractivity contribution in [3.63, 3.8) is 0 Å². The number of benzene rings is 3. The third-order valence-corrected chi connectivity index (χ3v) is 7.96. The van der Waals surface area contributed by atoms with Gasteiger partial charge in [-0.25, -0.2) is 4.39 Å². The molecule has 1 aliphatic carbocycles. The molecule has 198 valence electrons. The lowest BCUT2D eigenvalue weighted by Gasteiger charge is -2.34. The van der Waals surface area contributed by atoms with Gasteiger partial charge in [-0.15, -0.1) is 0 Å². The summed E-state index contributed by atoms with van der Waals surface area (Å²) in [6.07, 6.45) is 3.57.